The van der Waals surface area contributed by atoms with Gasteiger partial charge in [0.1, 0.15) is 5.65 Å². The van der Waals surface area contributed by atoms with E-state index in [9.17, 15) is 0 Å². The second-order valence-corrected chi connectivity index (χ2v) is 5.05. The molecule has 4 heteroatoms. The van der Waals surface area contributed by atoms with E-state index in [0.29, 0.717) is 18.8 Å². The zero-order chi connectivity index (χ0) is 12.4. The van der Waals surface area contributed by atoms with Crippen LogP contribution in [0.15, 0.2) is 30.6 Å². The number of fused-ring (bicyclic) bond motifs is 1. The van der Waals surface area contributed by atoms with E-state index in [0.717, 1.165) is 37.0 Å². The number of rotatable bonds is 3. The Morgan fingerprint density at radius 3 is 2.89 bits per heavy atom. The Bertz CT molecular complexity index is 481. The molecular formula is C14H19N3O. The lowest BCUT2D eigenvalue weighted by Gasteiger charge is -2.25. The SMILES string of the molecule is NC1CCC(OCc2cn3ccccc3n2)CC1. The number of pyridine rings is 1. The van der Waals surface area contributed by atoms with E-state index in [1.807, 2.05) is 35.0 Å². The van der Waals surface area contributed by atoms with Crippen LogP contribution < -0.4 is 5.73 Å². The predicted molar refractivity (Wildman–Crippen MR) is 70.2 cm³/mol. The summed E-state index contributed by atoms with van der Waals surface area (Å²) in [6.07, 6.45) is 8.71. The van der Waals surface area contributed by atoms with Gasteiger partial charge in [-0.25, -0.2) is 4.98 Å². The maximum Gasteiger partial charge on any atom is 0.137 e. The minimum atomic E-state index is 0.356. The summed E-state index contributed by atoms with van der Waals surface area (Å²) < 4.78 is 7.94. The molecule has 0 spiro atoms. The van der Waals surface area contributed by atoms with Crippen molar-refractivity contribution in [3.8, 4) is 0 Å². The van der Waals surface area contributed by atoms with Crippen LogP contribution in [0.3, 0.4) is 0 Å². The molecule has 2 N–H and O–H groups in total. The largest absolute Gasteiger partial charge is 0.372 e. The number of hydrogen-bond donors (Lipinski definition) is 1. The van der Waals surface area contributed by atoms with Crippen molar-refractivity contribution in [2.24, 2.45) is 5.73 Å². The molecule has 1 aliphatic carbocycles. The number of nitrogens with two attached hydrogens (primary N) is 1. The fraction of sp³-hybridized carbons (Fsp3) is 0.500. The molecule has 2 aromatic rings. The van der Waals surface area contributed by atoms with E-state index in [2.05, 4.69) is 4.98 Å². The third-order valence-electron chi connectivity index (χ3n) is 3.60. The third-order valence-corrected chi connectivity index (χ3v) is 3.60. The molecule has 0 atom stereocenters. The quantitative estimate of drug-likeness (QED) is 0.901. The van der Waals surface area contributed by atoms with Gasteiger partial charge in [0.2, 0.25) is 0 Å². The molecule has 96 valence electrons. The Balaban J connectivity index is 1.59. The van der Waals surface area contributed by atoms with Gasteiger partial charge < -0.3 is 14.9 Å². The van der Waals surface area contributed by atoms with Crippen molar-refractivity contribution in [2.75, 3.05) is 0 Å². The molecule has 3 rings (SSSR count). The summed E-state index contributed by atoms with van der Waals surface area (Å²) in [6.45, 7) is 0.599. The van der Waals surface area contributed by atoms with Gasteiger partial charge in [0, 0.05) is 18.4 Å². The summed E-state index contributed by atoms with van der Waals surface area (Å²) in [5.74, 6) is 0. The van der Waals surface area contributed by atoms with E-state index in [1.165, 1.54) is 0 Å². The average Bonchev–Trinajstić information content (AvgIpc) is 2.81. The molecule has 1 aliphatic rings. The summed E-state index contributed by atoms with van der Waals surface area (Å²) in [5, 5.41) is 0. The molecule has 1 fully saturated rings. The first-order chi connectivity index (χ1) is 8.81. The molecule has 0 unspecified atom stereocenters. The fourth-order valence-electron chi connectivity index (χ4n) is 2.52. The van der Waals surface area contributed by atoms with Crippen LogP contribution in [0.2, 0.25) is 0 Å². The third kappa shape index (κ3) is 2.54. The highest BCUT2D eigenvalue weighted by atomic mass is 16.5. The molecule has 1 saturated carbocycles. The Kier molecular flexibility index (Phi) is 3.30. The molecule has 0 amide bonds. The minimum absolute atomic E-state index is 0.356. The number of imidazole rings is 1. The van der Waals surface area contributed by atoms with Gasteiger partial charge in [-0.3, -0.25) is 0 Å². The zero-order valence-electron chi connectivity index (χ0n) is 10.5. The lowest BCUT2D eigenvalue weighted by Crippen LogP contribution is -2.30. The Morgan fingerprint density at radius 2 is 2.11 bits per heavy atom. The first kappa shape index (κ1) is 11.7. The van der Waals surface area contributed by atoms with Gasteiger partial charge in [0.05, 0.1) is 18.4 Å². The highest BCUT2D eigenvalue weighted by Gasteiger charge is 2.19. The summed E-state index contributed by atoms with van der Waals surface area (Å²) >= 11 is 0. The van der Waals surface area contributed by atoms with Crippen molar-refractivity contribution in [2.45, 2.75) is 44.4 Å². The van der Waals surface area contributed by atoms with Gasteiger partial charge >= 0.3 is 0 Å². The second kappa shape index (κ2) is 5.08. The van der Waals surface area contributed by atoms with Gasteiger partial charge in [0.25, 0.3) is 0 Å². The van der Waals surface area contributed by atoms with Crippen molar-refractivity contribution in [1.29, 1.82) is 0 Å². The van der Waals surface area contributed by atoms with Gasteiger partial charge in [-0.2, -0.15) is 0 Å². The maximum absolute atomic E-state index is 5.92. The van der Waals surface area contributed by atoms with Gasteiger partial charge in [-0.05, 0) is 37.8 Å². The second-order valence-electron chi connectivity index (χ2n) is 5.05. The van der Waals surface area contributed by atoms with Crippen molar-refractivity contribution >= 4 is 5.65 Å². The summed E-state index contributed by atoms with van der Waals surface area (Å²) in [5.41, 5.74) is 7.85. The molecule has 2 heterocycles. The summed E-state index contributed by atoms with van der Waals surface area (Å²) in [6, 6.07) is 6.38. The molecule has 0 aromatic carbocycles. The first-order valence-corrected chi connectivity index (χ1v) is 6.61. The van der Waals surface area contributed by atoms with Crippen LogP contribution in [0.25, 0.3) is 5.65 Å². The highest BCUT2D eigenvalue weighted by Crippen LogP contribution is 2.20. The van der Waals surface area contributed by atoms with Gasteiger partial charge in [0.15, 0.2) is 0 Å². The topological polar surface area (TPSA) is 52.5 Å². The van der Waals surface area contributed by atoms with Crippen LogP contribution >= 0.6 is 0 Å². The first-order valence-electron chi connectivity index (χ1n) is 6.61. The van der Waals surface area contributed by atoms with Crippen LogP contribution in [0.4, 0.5) is 0 Å². The van der Waals surface area contributed by atoms with E-state index in [1.54, 1.807) is 0 Å². The smallest absolute Gasteiger partial charge is 0.137 e. The fourth-order valence-corrected chi connectivity index (χ4v) is 2.52. The lowest BCUT2D eigenvalue weighted by molar-refractivity contribution is 0.0124. The molecule has 2 aromatic heterocycles. The van der Waals surface area contributed by atoms with E-state index in [4.69, 9.17) is 10.5 Å². The van der Waals surface area contributed by atoms with E-state index < -0.39 is 0 Å². The monoisotopic (exact) mass is 245 g/mol. The van der Waals surface area contributed by atoms with Crippen LogP contribution in [0, 0.1) is 0 Å². The highest BCUT2D eigenvalue weighted by molar-refractivity contribution is 5.39. The molecule has 0 radical (unpaired) electrons. The lowest BCUT2D eigenvalue weighted by atomic mass is 9.94. The van der Waals surface area contributed by atoms with Crippen molar-refractivity contribution in [3.63, 3.8) is 0 Å². The van der Waals surface area contributed by atoms with Gasteiger partial charge in [-0.15, -0.1) is 0 Å². The van der Waals surface area contributed by atoms with E-state index in [-0.39, 0.29) is 0 Å². The molecule has 0 aliphatic heterocycles. The number of nitrogens with zero attached hydrogens (tertiary/aromatic N) is 2. The average molecular weight is 245 g/mol. The number of aromatic nitrogens is 2. The molecule has 0 saturated heterocycles. The number of hydrogen-bond acceptors (Lipinski definition) is 3. The minimum Gasteiger partial charge on any atom is -0.372 e. The molecular weight excluding hydrogens is 226 g/mol. The van der Waals surface area contributed by atoms with Crippen molar-refractivity contribution in [3.05, 3.63) is 36.3 Å². The van der Waals surface area contributed by atoms with Crippen molar-refractivity contribution in [1.82, 2.24) is 9.38 Å². The van der Waals surface area contributed by atoms with Crippen LogP contribution in [-0.2, 0) is 11.3 Å². The van der Waals surface area contributed by atoms with Crippen LogP contribution in [0.1, 0.15) is 31.4 Å². The normalized spacial score (nSPS) is 24.5. The van der Waals surface area contributed by atoms with Crippen molar-refractivity contribution < 1.29 is 4.74 Å². The molecule has 4 nitrogen and oxygen atoms in total. The molecule has 0 bridgehead atoms. The summed E-state index contributed by atoms with van der Waals surface area (Å²) in [4.78, 5) is 4.53. The van der Waals surface area contributed by atoms with Crippen LogP contribution in [-0.4, -0.2) is 21.5 Å². The van der Waals surface area contributed by atoms with Gasteiger partial charge in [-0.1, -0.05) is 6.07 Å². The predicted octanol–water partition coefficient (Wildman–Crippen LogP) is 2.12. The standard InChI is InChI=1S/C14H19N3O/c15-11-4-6-13(7-5-11)18-10-12-9-17-8-2-1-3-14(17)16-12/h1-3,8-9,11,13H,4-7,10,15H2. The Labute approximate surface area is 107 Å². The number of ether oxygens (including phenoxy) is 1. The Hall–Kier alpha value is -1.39. The summed E-state index contributed by atoms with van der Waals surface area (Å²) in [7, 11) is 0. The van der Waals surface area contributed by atoms with E-state index >= 15 is 0 Å². The zero-order valence-corrected chi connectivity index (χ0v) is 10.5. The molecule has 18 heavy (non-hydrogen) atoms. The Morgan fingerprint density at radius 1 is 1.28 bits per heavy atom. The van der Waals surface area contributed by atoms with Crippen LogP contribution in [0.5, 0.6) is 0 Å². The maximum atomic E-state index is 5.92.